The fourth-order valence-electron chi connectivity index (χ4n) is 2.03. The molecule has 0 unspecified atom stereocenters. The number of hydrogen-bond acceptors (Lipinski definition) is 6. The first-order valence-corrected chi connectivity index (χ1v) is 7.29. The van der Waals surface area contributed by atoms with E-state index in [0.717, 1.165) is 24.9 Å². The summed E-state index contributed by atoms with van der Waals surface area (Å²) < 4.78 is 0. The molecule has 0 saturated carbocycles. The van der Waals surface area contributed by atoms with Gasteiger partial charge in [-0.1, -0.05) is 27.2 Å². The highest BCUT2D eigenvalue weighted by atomic mass is 16.1. The molecule has 0 radical (unpaired) electrons. The monoisotopic (exact) mass is 294 g/mol. The normalized spacial score (nSPS) is 10.8. The molecule has 1 rings (SSSR count). The number of nitrogens with one attached hydrogen (secondary N) is 1. The Kier molecular flexibility index (Phi) is 6.36. The second-order valence-corrected chi connectivity index (χ2v) is 5.42. The standard InChI is InChI=1S/C14H26N6O/c1-5-6-7-20(8-11(15)21)14-10(4)13(19-16)17-12(18-14)9(2)3/h9H,5-8,16H2,1-4H3,(H2,15,21)(H,17,18,19). The molecular formula is C14H26N6O. The van der Waals surface area contributed by atoms with E-state index in [0.29, 0.717) is 17.5 Å². The van der Waals surface area contributed by atoms with Gasteiger partial charge in [0, 0.05) is 18.0 Å². The molecule has 0 fully saturated rings. The molecule has 0 aromatic carbocycles. The van der Waals surface area contributed by atoms with Crippen molar-refractivity contribution in [2.45, 2.75) is 46.5 Å². The highest BCUT2D eigenvalue weighted by Crippen LogP contribution is 2.25. The first-order valence-electron chi connectivity index (χ1n) is 7.29. The summed E-state index contributed by atoms with van der Waals surface area (Å²) in [6, 6.07) is 0. The fourth-order valence-corrected chi connectivity index (χ4v) is 2.03. The molecule has 0 aliphatic heterocycles. The molecule has 0 aliphatic carbocycles. The van der Waals surface area contributed by atoms with Gasteiger partial charge in [0.2, 0.25) is 5.91 Å². The van der Waals surface area contributed by atoms with Crippen molar-refractivity contribution >= 4 is 17.5 Å². The van der Waals surface area contributed by atoms with Crippen LogP contribution in [0.5, 0.6) is 0 Å². The van der Waals surface area contributed by atoms with Gasteiger partial charge >= 0.3 is 0 Å². The number of carbonyl (C=O) groups excluding carboxylic acids is 1. The number of carbonyl (C=O) groups is 1. The largest absolute Gasteiger partial charge is 0.368 e. The average molecular weight is 294 g/mol. The number of rotatable bonds is 8. The molecule has 21 heavy (non-hydrogen) atoms. The van der Waals surface area contributed by atoms with Crippen molar-refractivity contribution in [1.29, 1.82) is 0 Å². The highest BCUT2D eigenvalue weighted by Gasteiger charge is 2.18. The zero-order valence-electron chi connectivity index (χ0n) is 13.3. The second-order valence-electron chi connectivity index (χ2n) is 5.42. The molecule has 1 aromatic heterocycles. The molecule has 0 bridgehead atoms. The van der Waals surface area contributed by atoms with Gasteiger partial charge in [0.05, 0.1) is 6.54 Å². The van der Waals surface area contributed by atoms with Gasteiger partial charge in [0.15, 0.2) is 0 Å². The molecular weight excluding hydrogens is 268 g/mol. The first kappa shape index (κ1) is 17.2. The van der Waals surface area contributed by atoms with Crippen LogP contribution in [0.2, 0.25) is 0 Å². The number of nitrogens with zero attached hydrogens (tertiary/aromatic N) is 3. The summed E-state index contributed by atoms with van der Waals surface area (Å²) in [5.41, 5.74) is 8.78. The van der Waals surface area contributed by atoms with E-state index in [1.54, 1.807) is 0 Å². The summed E-state index contributed by atoms with van der Waals surface area (Å²) in [6.07, 6.45) is 1.98. The lowest BCUT2D eigenvalue weighted by Crippen LogP contribution is -2.36. The molecule has 0 saturated heterocycles. The van der Waals surface area contributed by atoms with Crippen LogP contribution < -0.4 is 21.9 Å². The zero-order chi connectivity index (χ0) is 16.0. The Labute approximate surface area is 126 Å². The van der Waals surface area contributed by atoms with Crippen molar-refractivity contribution in [2.24, 2.45) is 11.6 Å². The third-order valence-corrected chi connectivity index (χ3v) is 3.22. The van der Waals surface area contributed by atoms with Crippen molar-refractivity contribution in [1.82, 2.24) is 9.97 Å². The van der Waals surface area contributed by atoms with Crippen LogP contribution in [-0.4, -0.2) is 29.0 Å². The Morgan fingerprint density at radius 2 is 2.05 bits per heavy atom. The quantitative estimate of drug-likeness (QED) is 0.492. The summed E-state index contributed by atoms with van der Waals surface area (Å²) in [7, 11) is 0. The summed E-state index contributed by atoms with van der Waals surface area (Å²) in [5.74, 6) is 7.31. The van der Waals surface area contributed by atoms with Crippen LogP contribution in [-0.2, 0) is 4.79 Å². The second kappa shape index (κ2) is 7.78. The van der Waals surface area contributed by atoms with Gasteiger partial charge in [-0.15, -0.1) is 0 Å². The average Bonchev–Trinajstić information content (AvgIpc) is 2.43. The molecule has 1 heterocycles. The first-order chi connectivity index (χ1) is 9.90. The van der Waals surface area contributed by atoms with E-state index >= 15 is 0 Å². The fraction of sp³-hybridized carbons (Fsp3) is 0.643. The number of anilines is 2. The van der Waals surface area contributed by atoms with E-state index in [-0.39, 0.29) is 18.4 Å². The summed E-state index contributed by atoms with van der Waals surface area (Å²) >= 11 is 0. The smallest absolute Gasteiger partial charge is 0.236 e. The minimum absolute atomic E-state index is 0.138. The number of hydrazine groups is 1. The number of primary amides is 1. The number of amides is 1. The van der Waals surface area contributed by atoms with Crippen LogP contribution in [0.15, 0.2) is 0 Å². The van der Waals surface area contributed by atoms with Crippen molar-refractivity contribution < 1.29 is 4.79 Å². The van der Waals surface area contributed by atoms with Crippen LogP contribution in [0.3, 0.4) is 0 Å². The maximum Gasteiger partial charge on any atom is 0.236 e. The maximum absolute atomic E-state index is 11.3. The number of unbranched alkanes of at least 4 members (excludes halogenated alkanes) is 1. The maximum atomic E-state index is 11.3. The van der Waals surface area contributed by atoms with E-state index < -0.39 is 0 Å². The van der Waals surface area contributed by atoms with Crippen molar-refractivity contribution in [2.75, 3.05) is 23.4 Å². The zero-order valence-corrected chi connectivity index (χ0v) is 13.3. The third kappa shape index (κ3) is 4.56. The number of aromatic nitrogens is 2. The third-order valence-electron chi connectivity index (χ3n) is 3.22. The predicted octanol–water partition coefficient (Wildman–Crippen LogP) is 1.29. The molecule has 7 nitrogen and oxygen atoms in total. The Hall–Kier alpha value is -1.89. The predicted molar refractivity (Wildman–Crippen MR) is 85.0 cm³/mol. The van der Waals surface area contributed by atoms with Gasteiger partial charge in [0.25, 0.3) is 0 Å². The summed E-state index contributed by atoms with van der Waals surface area (Å²) in [4.78, 5) is 22.2. The van der Waals surface area contributed by atoms with E-state index in [1.165, 1.54) is 0 Å². The van der Waals surface area contributed by atoms with Crippen LogP contribution in [0.1, 0.15) is 50.9 Å². The number of hydrogen-bond donors (Lipinski definition) is 3. The highest BCUT2D eigenvalue weighted by molar-refractivity contribution is 5.79. The number of nitrogens with two attached hydrogens (primary N) is 2. The Balaban J connectivity index is 3.26. The molecule has 1 amide bonds. The van der Waals surface area contributed by atoms with Gasteiger partial charge in [0.1, 0.15) is 17.5 Å². The molecule has 7 heteroatoms. The lowest BCUT2D eigenvalue weighted by molar-refractivity contribution is -0.116. The van der Waals surface area contributed by atoms with Gasteiger partial charge in [-0.25, -0.2) is 15.8 Å². The molecule has 0 atom stereocenters. The van der Waals surface area contributed by atoms with Gasteiger partial charge < -0.3 is 16.1 Å². The van der Waals surface area contributed by atoms with Gasteiger partial charge in [-0.05, 0) is 13.3 Å². The van der Waals surface area contributed by atoms with Crippen molar-refractivity contribution in [3.05, 3.63) is 11.4 Å². The molecule has 1 aromatic rings. The van der Waals surface area contributed by atoms with Gasteiger partial charge in [-0.2, -0.15) is 0 Å². The van der Waals surface area contributed by atoms with Crippen LogP contribution in [0.4, 0.5) is 11.6 Å². The Morgan fingerprint density at radius 3 is 2.52 bits per heavy atom. The molecule has 0 spiro atoms. The van der Waals surface area contributed by atoms with Crippen molar-refractivity contribution in [3.8, 4) is 0 Å². The Morgan fingerprint density at radius 1 is 1.38 bits per heavy atom. The summed E-state index contributed by atoms with van der Waals surface area (Å²) in [6.45, 7) is 8.87. The minimum atomic E-state index is -0.377. The topological polar surface area (TPSA) is 110 Å². The lowest BCUT2D eigenvalue weighted by Gasteiger charge is -2.25. The lowest BCUT2D eigenvalue weighted by atomic mass is 10.2. The molecule has 5 N–H and O–H groups in total. The van der Waals surface area contributed by atoms with Crippen LogP contribution in [0.25, 0.3) is 0 Å². The van der Waals surface area contributed by atoms with Crippen LogP contribution in [0, 0.1) is 6.92 Å². The molecule has 0 aliphatic rings. The summed E-state index contributed by atoms with van der Waals surface area (Å²) in [5, 5.41) is 0. The Bertz CT molecular complexity index is 489. The number of nitrogen functional groups attached to an aromatic ring is 1. The SMILES string of the molecule is CCCCN(CC(N)=O)c1nc(C(C)C)nc(NN)c1C. The van der Waals surface area contributed by atoms with E-state index in [2.05, 4.69) is 22.3 Å². The molecule has 118 valence electrons. The van der Waals surface area contributed by atoms with Crippen molar-refractivity contribution in [3.63, 3.8) is 0 Å². The van der Waals surface area contributed by atoms with Gasteiger partial charge in [-0.3, -0.25) is 4.79 Å². The van der Waals surface area contributed by atoms with E-state index in [1.807, 2.05) is 25.7 Å². The van der Waals surface area contributed by atoms with E-state index in [9.17, 15) is 4.79 Å². The minimum Gasteiger partial charge on any atom is -0.368 e. The van der Waals surface area contributed by atoms with Crippen LogP contribution >= 0.6 is 0 Å². The van der Waals surface area contributed by atoms with E-state index in [4.69, 9.17) is 11.6 Å².